The van der Waals surface area contributed by atoms with Gasteiger partial charge in [-0.1, -0.05) is 0 Å². The van der Waals surface area contributed by atoms with E-state index in [-0.39, 0.29) is 18.1 Å². The normalized spacial score (nSPS) is 23.8. The number of aromatic nitrogens is 3. The second kappa shape index (κ2) is 5.77. The van der Waals surface area contributed by atoms with Gasteiger partial charge in [0.05, 0.1) is 6.10 Å². The second-order valence-corrected chi connectivity index (χ2v) is 4.34. The number of aryl methyl sites for hydroxylation is 1. The fourth-order valence-electron chi connectivity index (χ4n) is 1.93. The summed E-state index contributed by atoms with van der Waals surface area (Å²) in [5.41, 5.74) is 0. The fourth-order valence-corrected chi connectivity index (χ4v) is 1.93. The number of hydrogen-bond acceptors (Lipinski definition) is 4. The van der Waals surface area contributed by atoms with Gasteiger partial charge in [0.1, 0.15) is 18.3 Å². The van der Waals surface area contributed by atoms with E-state index >= 15 is 0 Å². The van der Waals surface area contributed by atoms with Crippen molar-refractivity contribution in [2.45, 2.75) is 44.8 Å². The number of nitrogens with zero attached hydrogens (tertiary/aromatic N) is 2. The molecule has 0 aromatic carbocycles. The maximum Gasteiger partial charge on any atom is 0.249 e. The lowest BCUT2D eigenvalue weighted by Crippen LogP contribution is -2.35. The van der Waals surface area contributed by atoms with Crippen molar-refractivity contribution in [3.05, 3.63) is 12.2 Å². The van der Waals surface area contributed by atoms with Gasteiger partial charge in [0.15, 0.2) is 0 Å². The molecule has 0 spiro atoms. The summed E-state index contributed by atoms with van der Waals surface area (Å²) in [6.45, 7) is 2.64. The van der Waals surface area contributed by atoms with Crippen LogP contribution in [0.4, 0.5) is 0 Å². The summed E-state index contributed by atoms with van der Waals surface area (Å²) in [5, 5.41) is 9.43. The van der Waals surface area contributed by atoms with Crippen LogP contribution < -0.4 is 5.32 Å². The Morgan fingerprint density at radius 3 is 3.18 bits per heavy atom. The molecule has 0 radical (unpaired) electrons. The first kappa shape index (κ1) is 12.0. The largest absolute Gasteiger partial charge is 0.365 e. The Morgan fingerprint density at radius 2 is 2.53 bits per heavy atom. The predicted molar refractivity (Wildman–Crippen MR) is 61.3 cm³/mol. The predicted octanol–water partition coefficient (Wildman–Crippen LogP) is 0.421. The Bertz CT molecular complexity index is 352. The van der Waals surface area contributed by atoms with Crippen molar-refractivity contribution in [3.63, 3.8) is 0 Å². The van der Waals surface area contributed by atoms with E-state index in [9.17, 15) is 4.79 Å². The number of aromatic amines is 1. The molecule has 2 rings (SSSR count). The molecule has 1 aromatic rings. The van der Waals surface area contributed by atoms with Gasteiger partial charge in [0.25, 0.3) is 0 Å². The highest BCUT2D eigenvalue weighted by atomic mass is 16.5. The molecule has 17 heavy (non-hydrogen) atoms. The molecule has 1 aliphatic rings. The van der Waals surface area contributed by atoms with E-state index in [0.717, 1.165) is 31.5 Å². The van der Waals surface area contributed by atoms with E-state index < -0.39 is 0 Å². The Balaban J connectivity index is 1.60. The van der Waals surface area contributed by atoms with Crippen LogP contribution in [0.15, 0.2) is 6.33 Å². The average Bonchev–Trinajstić information content (AvgIpc) is 2.95. The molecule has 2 unspecified atom stereocenters. The minimum atomic E-state index is -0.254. The molecule has 1 aliphatic heterocycles. The van der Waals surface area contributed by atoms with Crippen molar-refractivity contribution < 1.29 is 9.53 Å². The summed E-state index contributed by atoms with van der Waals surface area (Å²) in [5.74, 6) is 0.858. The van der Waals surface area contributed by atoms with Crippen LogP contribution in [0, 0.1) is 0 Å². The molecular weight excluding hydrogens is 220 g/mol. The lowest BCUT2D eigenvalue weighted by Gasteiger charge is -2.11. The SMILES string of the molecule is CC1CCC(C(=O)NCCCc2ncn[nH]2)O1. The zero-order valence-electron chi connectivity index (χ0n) is 9.98. The van der Waals surface area contributed by atoms with Gasteiger partial charge in [-0.05, 0) is 26.2 Å². The standard InChI is InChI=1S/C11H18N4O2/c1-8-4-5-9(17-8)11(16)12-6-2-3-10-13-7-14-15-10/h7-9H,2-6H2,1H3,(H,12,16)(H,13,14,15). The number of carbonyl (C=O) groups is 1. The molecule has 0 aliphatic carbocycles. The van der Waals surface area contributed by atoms with Gasteiger partial charge in [-0.3, -0.25) is 9.89 Å². The van der Waals surface area contributed by atoms with Gasteiger partial charge in [-0.15, -0.1) is 0 Å². The maximum absolute atomic E-state index is 11.7. The smallest absolute Gasteiger partial charge is 0.249 e. The number of ether oxygens (including phenoxy) is 1. The van der Waals surface area contributed by atoms with Crippen molar-refractivity contribution in [2.75, 3.05) is 6.54 Å². The summed E-state index contributed by atoms with van der Waals surface area (Å²) in [6, 6.07) is 0. The van der Waals surface area contributed by atoms with Crippen LogP contribution >= 0.6 is 0 Å². The maximum atomic E-state index is 11.7. The third kappa shape index (κ3) is 3.52. The van der Waals surface area contributed by atoms with Gasteiger partial charge >= 0.3 is 0 Å². The highest BCUT2D eigenvalue weighted by Crippen LogP contribution is 2.18. The Labute approximate surface area is 100 Å². The van der Waals surface area contributed by atoms with Crippen LogP contribution in [-0.4, -0.2) is 39.8 Å². The molecule has 1 saturated heterocycles. The molecule has 94 valence electrons. The summed E-state index contributed by atoms with van der Waals surface area (Å²) in [4.78, 5) is 15.7. The number of carbonyl (C=O) groups excluding carboxylic acids is 1. The van der Waals surface area contributed by atoms with Gasteiger partial charge in [0.2, 0.25) is 5.91 Å². The summed E-state index contributed by atoms with van der Waals surface area (Å²) in [6.07, 6.45) is 4.88. The van der Waals surface area contributed by atoms with Gasteiger partial charge in [0, 0.05) is 13.0 Å². The molecule has 1 fully saturated rings. The molecule has 0 saturated carbocycles. The number of hydrogen-bond donors (Lipinski definition) is 2. The molecule has 1 amide bonds. The monoisotopic (exact) mass is 238 g/mol. The van der Waals surface area contributed by atoms with Gasteiger partial charge < -0.3 is 10.1 Å². The average molecular weight is 238 g/mol. The van der Waals surface area contributed by atoms with E-state index in [1.807, 2.05) is 6.92 Å². The first-order valence-corrected chi connectivity index (χ1v) is 6.03. The van der Waals surface area contributed by atoms with E-state index in [1.165, 1.54) is 6.33 Å². The Morgan fingerprint density at radius 1 is 1.65 bits per heavy atom. The summed E-state index contributed by atoms with van der Waals surface area (Å²) >= 11 is 0. The van der Waals surface area contributed by atoms with E-state index in [2.05, 4.69) is 20.5 Å². The van der Waals surface area contributed by atoms with Crippen molar-refractivity contribution in [1.29, 1.82) is 0 Å². The van der Waals surface area contributed by atoms with Gasteiger partial charge in [-0.25, -0.2) is 4.98 Å². The lowest BCUT2D eigenvalue weighted by molar-refractivity contribution is -0.131. The van der Waals surface area contributed by atoms with Crippen LogP contribution in [0.2, 0.25) is 0 Å². The van der Waals surface area contributed by atoms with Crippen molar-refractivity contribution in [2.24, 2.45) is 0 Å². The summed E-state index contributed by atoms with van der Waals surface area (Å²) in [7, 11) is 0. The number of nitrogens with one attached hydrogen (secondary N) is 2. The van der Waals surface area contributed by atoms with Gasteiger partial charge in [-0.2, -0.15) is 5.10 Å². The number of rotatable bonds is 5. The molecule has 0 bridgehead atoms. The van der Waals surface area contributed by atoms with Crippen molar-refractivity contribution >= 4 is 5.91 Å². The zero-order valence-corrected chi connectivity index (χ0v) is 9.98. The van der Waals surface area contributed by atoms with Crippen LogP contribution in [0.1, 0.15) is 32.0 Å². The number of amides is 1. The third-order valence-corrected chi connectivity index (χ3v) is 2.88. The minimum Gasteiger partial charge on any atom is -0.365 e. The highest BCUT2D eigenvalue weighted by molar-refractivity contribution is 5.80. The van der Waals surface area contributed by atoms with Crippen LogP contribution in [-0.2, 0) is 16.0 Å². The molecule has 1 aromatic heterocycles. The highest BCUT2D eigenvalue weighted by Gasteiger charge is 2.27. The molecule has 2 heterocycles. The topological polar surface area (TPSA) is 79.9 Å². The van der Waals surface area contributed by atoms with Crippen LogP contribution in [0.5, 0.6) is 0 Å². The molecule has 2 atom stereocenters. The number of H-pyrrole nitrogens is 1. The molecule has 6 heteroatoms. The first-order chi connectivity index (χ1) is 8.25. The molecule has 2 N–H and O–H groups in total. The van der Waals surface area contributed by atoms with Crippen molar-refractivity contribution in [3.8, 4) is 0 Å². The van der Waals surface area contributed by atoms with Crippen molar-refractivity contribution in [1.82, 2.24) is 20.5 Å². The lowest BCUT2D eigenvalue weighted by atomic mass is 10.2. The Hall–Kier alpha value is -1.43. The minimum absolute atomic E-state index is 0.00641. The fraction of sp³-hybridized carbons (Fsp3) is 0.727. The van der Waals surface area contributed by atoms with Crippen LogP contribution in [0.25, 0.3) is 0 Å². The Kier molecular flexibility index (Phi) is 4.08. The second-order valence-electron chi connectivity index (χ2n) is 4.34. The summed E-state index contributed by atoms with van der Waals surface area (Å²) < 4.78 is 5.49. The molecule has 6 nitrogen and oxygen atoms in total. The van der Waals surface area contributed by atoms with Crippen LogP contribution in [0.3, 0.4) is 0 Å². The van der Waals surface area contributed by atoms with E-state index in [0.29, 0.717) is 6.54 Å². The van der Waals surface area contributed by atoms with E-state index in [1.54, 1.807) is 0 Å². The quantitative estimate of drug-likeness (QED) is 0.729. The third-order valence-electron chi connectivity index (χ3n) is 2.88. The molecular formula is C11H18N4O2. The zero-order chi connectivity index (χ0) is 12.1. The van der Waals surface area contributed by atoms with E-state index in [4.69, 9.17) is 4.74 Å². The first-order valence-electron chi connectivity index (χ1n) is 6.03.